The van der Waals surface area contributed by atoms with Crippen molar-refractivity contribution in [3.8, 4) is 12.3 Å². The highest BCUT2D eigenvalue weighted by atomic mass is 14.6. The molecule has 0 radical (unpaired) electrons. The van der Waals surface area contributed by atoms with Crippen LogP contribution in [0.2, 0.25) is 0 Å². The number of hydrogen-bond donors (Lipinski definition) is 0. The summed E-state index contributed by atoms with van der Waals surface area (Å²) in [7, 11) is 0. The van der Waals surface area contributed by atoms with Crippen LogP contribution in [0.3, 0.4) is 0 Å². The third kappa shape index (κ3) is 1.04. The molecule has 0 bridgehead atoms. The first-order valence-corrected chi connectivity index (χ1v) is 3.71. The fourth-order valence-electron chi connectivity index (χ4n) is 1.16. The number of rotatable bonds is 0. The normalized spacial score (nSPS) is 9.58. The molecule has 12 heavy (non-hydrogen) atoms. The smallest absolute Gasteiger partial charge is 0.0714 e. The highest BCUT2D eigenvalue weighted by molar-refractivity contribution is 5.79. The van der Waals surface area contributed by atoms with Gasteiger partial charge in [0.25, 0.3) is 0 Å². The van der Waals surface area contributed by atoms with Gasteiger partial charge in [0.1, 0.15) is 0 Å². The van der Waals surface area contributed by atoms with Gasteiger partial charge in [-0.1, -0.05) is 18.1 Å². The lowest BCUT2D eigenvalue weighted by molar-refractivity contribution is 1.41. The number of fused-ring (bicyclic) bond motifs is 1. The summed E-state index contributed by atoms with van der Waals surface area (Å²) >= 11 is 0. The summed E-state index contributed by atoms with van der Waals surface area (Å²) in [5.74, 6) is 2.58. The van der Waals surface area contributed by atoms with Crippen LogP contribution in [0, 0.1) is 12.3 Å². The Bertz CT molecular complexity index is 452. The molecular formula is C11H7N. The monoisotopic (exact) mass is 153 g/mol. The van der Waals surface area contributed by atoms with E-state index in [1.165, 1.54) is 0 Å². The van der Waals surface area contributed by atoms with Gasteiger partial charge in [-0.25, -0.2) is 0 Å². The van der Waals surface area contributed by atoms with Crippen molar-refractivity contribution < 1.29 is 0 Å². The SMILES string of the molecule is C#Cc1ccc2cccnc2c1. The van der Waals surface area contributed by atoms with Crippen LogP contribution in [0.5, 0.6) is 0 Å². The standard InChI is InChI=1S/C11H7N/c1-2-9-5-6-10-4-3-7-12-11(10)8-9/h1,3-8H. The minimum absolute atomic E-state index is 0.876. The van der Waals surface area contributed by atoms with Crippen molar-refractivity contribution >= 4 is 10.9 Å². The Morgan fingerprint density at radius 3 is 3.00 bits per heavy atom. The largest absolute Gasteiger partial charge is 0.256 e. The minimum Gasteiger partial charge on any atom is -0.256 e. The number of pyridine rings is 1. The second-order valence-electron chi connectivity index (χ2n) is 2.56. The predicted molar refractivity (Wildman–Crippen MR) is 49.7 cm³/mol. The molecule has 0 N–H and O–H groups in total. The topological polar surface area (TPSA) is 12.9 Å². The Balaban J connectivity index is 2.78. The molecule has 2 aromatic rings. The van der Waals surface area contributed by atoms with Crippen molar-refractivity contribution in [3.05, 3.63) is 42.1 Å². The van der Waals surface area contributed by atoms with E-state index in [1.807, 2.05) is 30.3 Å². The van der Waals surface area contributed by atoms with E-state index >= 15 is 0 Å². The third-order valence-electron chi connectivity index (χ3n) is 1.77. The van der Waals surface area contributed by atoms with Crippen molar-refractivity contribution in [1.82, 2.24) is 4.98 Å². The van der Waals surface area contributed by atoms with Crippen molar-refractivity contribution in [2.75, 3.05) is 0 Å². The van der Waals surface area contributed by atoms with Crippen LogP contribution in [0.25, 0.3) is 10.9 Å². The van der Waals surface area contributed by atoms with Crippen LogP contribution in [-0.4, -0.2) is 4.98 Å². The van der Waals surface area contributed by atoms with Gasteiger partial charge in [-0.05, 0) is 18.2 Å². The molecule has 1 heterocycles. The molecule has 0 saturated heterocycles. The highest BCUT2D eigenvalue weighted by Crippen LogP contribution is 2.11. The number of nitrogens with zero attached hydrogens (tertiary/aromatic N) is 1. The highest BCUT2D eigenvalue weighted by Gasteiger charge is 1.92. The molecule has 1 aromatic carbocycles. The van der Waals surface area contributed by atoms with Gasteiger partial charge in [-0.3, -0.25) is 4.98 Å². The van der Waals surface area contributed by atoms with Crippen molar-refractivity contribution in [2.24, 2.45) is 0 Å². The molecule has 0 aliphatic heterocycles. The van der Waals surface area contributed by atoms with Crippen LogP contribution in [-0.2, 0) is 0 Å². The summed E-state index contributed by atoms with van der Waals surface area (Å²) in [5.41, 5.74) is 1.83. The molecule has 0 fully saturated rings. The summed E-state index contributed by atoms with van der Waals surface area (Å²) in [4.78, 5) is 4.19. The van der Waals surface area contributed by atoms with Crippen LogP contribution in [0.4, 0.5) is 0 Å². The summed E-state index contributed by atoms with van der Waals surface area (Å²) in [6.45, 7) is 0. The molecule has 0 aliphatic rings. The first kappa shape index (κ1) is 6.87. The fraction of sp³-hybridized carbons (Fsp3) is 0. The van der Waals surface area contributed by atoms with Gasteiger partial charge in [-0.2, -0.15) is 0 Å². The molecule has 2 rings (SSSR count). The van der Waals surface area contributed by atoms with Gasteiger partial charge in [0, 0.05) is 17.1 Å². The van der Waals surface area contributed by atoms with E-state index in [0.717, 1.165) is 16.5 Å². The second kappa shape index (κ2) is 2.67. The molecule has 0 spiro atoms. The average Bonchev–Trinajstić information content (AvgIpc) is 2.17. The summed E-state index contributed by atoms with van der Waals surface area (Å²) < 4.78 is 0. The summed E-state index contributed by atoms with van der Waals surface area (Å²) in [5, 5.41) is 1.12. The van der Waals surface area contributed by atoms with Gasteiger partial charge < -0.3 is 0 Å². The fourth-order valence-corrected chi connectivity index (χ4v) is 1.16. The minimum atomic E-state index is 0.876. The lowest BCUT2D eigenvalue weighted by Gasteiger charge is -1.95. The Morgan fingerprint density at radius 1 is 1.25 bits per heavy atom. The van der Waals surface area contributed by atoms with Gasteiger partial charge in [-0.15, -0.1) is 6.42 Å². The van der Waals surface area contributed by atoms with Crippen LogP contribution < -0.4 is 0 Å². The van der Waals surface area contributed by atoms with Crippen molar-refractivity contribution in [1.29, 1.82) is 0 Å². The first-order valence-electron chi connectivity index (χ1n) is 3.71. The Labute approximate surface area is 71.1 Å². The maximum atomic E-state index is 5.26. The molecule has 0 amide bonds. The molecule has 0 unspecified atom stereocenters. The molecule has 56 valence electrons. The molecular weight excluding hydrogens is 146 g/mol. The molecule has 1 heteroatoms. The lowest BCUT2D eigenvalue weighted by atomic mass is 10.1. The van der Waals surface area contributed by atoms with E-state index in [0.29, 0.717) is 0 Å². The zero-order chi connectivity index (χ0) is 8.39. The van der Waals surface area contributed by atoms with E-state index in [9.17, 15) is 0 Å². The lowest BCUT2D eigenvalue weighted by Crippen LogP contribution is -1.78. The molecule has 0 aliphatic carbocycles. The number of aromatic nitrogens is 1. The summed E-state index contributed by atoms with van der Waals surface area (Å²) in [6.07, 6.45) is 7.03. The van der Waals surface area contributed by atoms with Crippen LogP contribution in [0.15, 0.2) is 36.5 Å². The van der Waals surface area contributed by atoms with Gasteiger partial charge in [0.2, 0.25) is 0 Å². The molecule has 0 saturated carbocycles. The third-order valence-corrected chi connectivity index (χ3v) is 1.77. The van der Waals surface area contributed by atoms with E-state index in [1.54, 1.807) is 6.20 Å². The predicted octanol–water partition coefficient (Wildman–Crippen LogP) is 2.22. The zero-order valence-electron chi connectivity index (χ0n) is 6.49. The maximum Gasteiger partial charge on any atom is 0.0714 e. The molecule has 0 atom stereocenters. The Morgan fingerprint density at radius 2 is 2.17 bits per heavy atom. The van der Waals surface area contributed by atoms with Crippen molar-refractivity contribution in [2.45, 2.75) is 0 Å². The van der Waals surface area contributed by atoms with E-state index in [-0.39, 0.29) is 0 Å². The van der Waals surface area contributed by atoms with Crippen molar-refractivity contribution in [3.63, 3.8) is 0 Å². The Hall–Kier alpha value is -1.81. The van der Waals surface area contributed by atoms with E-state index in [4.69, 9.17) is 6.42 Å². The zero-order valence-corrected chi connectivity index (χ0v) is 6.49. The maximum absolute atomic E-state index is 5.26. The van der Waals surface area contributed by atoms with E-state index < -0.39 is 0 Å². The van der Waals surface area contributed by atoms with Gasteiger partial charge in [0.15, 0.2) is 0 Å². The number of benzene rings is 1. The number of terminal acetylenes is 1. The second-order valence-corrected chi connectivity index (χ2v) is 2.56. The van der Waals surface area contributed by atoms with Gasteiger partial charge in [0.05, 0.1) is 5.52 Å². The van der Waals surface area contributed by atoms with E-state index in [2.05, 4.69) is 10.9 Å². The average molecular weight is 153 g/mol. The quantitative estimate of drug-likeness (QED) is 0.529. The first-order chi connectivity index (χ1) is 5.90. The van der Waals surface area contributed by atoms with Crippen LogP contribution >= 0.6 is 0 Å². The number of hydrogen-bond acceptors (Lipinski definition) is 1. The van der Waals surface area contributed by atoms with Gasteiger partial charge >= 0.3 is 0 Å². The Kier molecular flexibility index (Phi) is 1.53. The summed E-state index contributed by atoms with van der Waals surface area (Å²) in [6, 6.07) is 9.75. The molecule has 1 nitrogen and oxygen atoms in total. The molecule has 1 aromatic heterocycles. The van der Waals surface area contributed by atoms with Crippen LogP contribution in [0.1, 0.15) is 5.56 Å².